The molecule has 0 aromatic carbocycles. The number of hydrogen-bond donors (Lipinski definition) is 1. The summed E-state index contributed by atoms with van der Waals surface area (Å²) >= 11 is 0. The van der Waals surface area contributed by atoms with E-state index in [4.69, 9.17) is 4.74 Å². The van der Waals surface area contributed by atoms with E-state index in [9.17, 15) is 4.79 Å². The average Bonchev–Trinajstić information content (AvgIpc) is 2.80. The second-order valence-electron chi connectivity index (χ2n) is 7.79. The predicted molar refractivity (Wildman–Crippen MR) is 91.2 cm³/mol. The van der Waals surface area contributed by atoms with Gasteiger partial charge in [-0.15, -0.1) is 0 Å². The number of ether oxygens (including phenoxy) is 1. The van der Waals surface area contributed by atoms with Gasteiger partial charge in [0.05, 0.1) is 0 Å². The summed E-state index contributed by atoms with van der Waals surface area (Å²) in [7, 11) is 0. The van der Waals surface area contributed by atoms with Crippen molar-refractivity contribution in [2.45, 2.75) is 78.6 Å². The van der Waals surface area contributed by atoms with Crippen molar-refractivity contribution in [3.8, 4) is 0 Å². The molecule has 22 heavy (non-hydrogen) atoms. The van der Waals surface area contributed by atoms with Crippen LogP contribution in [-0.2, 0) is 4.74 Å². The van der Waals surface area contributed by atoms with E-state index >= 15 is 0 Å². The largest absolute Gasteiger partial charge is 0.444 e. The highest BCUT2D eigenvalue weighted by Gasteiger charge is 2.29. The van der Waals surface area contributed by atoms with Crippen molar-refractivity contribution >= 4 is 6.09 Å². The fourth-order valence-electron chi connectivity index (χ4n) is 2.93. The predicted octanol–water partition coefficient (Wildman–Crippen LogP) is 2.70. The van der Waals surface area contributed by atoms with E-state index in [-0.39, 0.29) is 6.09 Å². The minimum Gasteiger partial charge on any atom is -0.444 e. The van der Waals surface area contributed by atoms with Gasteiger partial charge >= 0.3 is 6.09 Å². The van der Waals surface area contributed by atoms with Crippen LogP contribution in [-0.4, -0.2) is 65.8 Å². The van der Waals surface area contributed by atoms with Gasteiger partial charge in [-0.2, -0.15) is 0 Å². The molecule has 1 N–H and O–H groups in total. The topological polar surface area (TPSA) is 44.8 Å². The normalized spacial score (nSPS) is 19.5. The highest BCUT2D eigenvalue weighted by atomic mass is 16.6. The Morgan fingerprint density at radius 3 is 2.36 bits per heavy atom. The molecule has 0 aromatic rings. The third-order valence-electron chi connectivity index (χ3n) is 3.97. The fourth-order valence-corrected chi connectivity index (χ4v) is 2.93. The van der Waals surface area contributed by atoms with E-state index in [2.05, 4.69) is 37.9 Å². The van der Waals surface area contributed by atoms with Crippen LogP contribution in [0.15, 0.2) is 0 Å². The van der Waals surface area contributed by atoms with Gasteiger partial charge in [-0.1, -0.05) is 0 Å². The van der Waals surface area contributed by atoms with Crippen LogP contribution in [0.2, 0.25) is 0 Å². The first-order chi connectivity index (χ1) is 10.1. The smallest absolute Gasteiger partial charge is 0.410 e. The van der Waals surface area contributed by atoms with Gasteiger partial charge in [0.25, 0.3) is 0 Å². The molecule has 1 amide bonds. The standard InChI is InChI=1S/C17H35N3O2/c1-13(2)20(14(3)4)11-9-18-15-8-10-19(12-15)16(21)22-17(5,6)7/h13-15,18H,8-12H2,1-7H3. The second-order valence-corrected chi connectivity index (χ2v) is 7.79. The van der Waals surface area contributed by atoms with E-state index < -0.39 is 5.60 Å². The number of carbonyl (C=O) groups excluding carboxylic acids is 1. The lowest BCUT2D eigenvalue weighted by atomic mass is 10.2. The van der Waals surface area contributed by atoms with Gasteiger partial charge in [-0.25, -0.2) is 4.79 Å². The molecule has 0 aliphatic carbocycles. The van der Waals surface area contributed by atoms with Crippen LogP contribution in [0.3, 0.4) is 0 Å². The number of nitrogens with one attached hydrogen (secondary N) is 1. The Hall–Kier alpha value is -0.810. The van der Waals surface area contributed by atoms with Crippen molar-refractivity contribution < 1.29 is 9.53 Å². The lowest BCUT2D eigenvalue weighted by Crippen LogP contribution is -2.44. The van der Waals surface area contributed by atoms with Crippen molar-refractivity contribution in [3.63, 3.8) is 0 Å². The molecule has 0 radical (unpaired) electrons. The zero-order valence-electron chi connectivity index (χ0n) is 15.5. The molecule has 5 nitrogen and oxygen atoms in total. The Balaban J connectivity index is 2.31. The molecule has 0 spiro atoms. The van der Waals surface area contributed by atoms with E-state index in [0.717, 1.165) is 32.6 Å². The lowest BCUT2D eigenvalue weighted by Gasteiger charge is -2.31. The summed E-state index contributed by atoms with van der Waals surface area (Å²) in [6.07, 6.45) is 0.811. The van der Waals surface area contributed by atoms with Crippen molar-refractivity contribution in [2.75, 3.05) is 26.2 Å². The van der Waals surface area contributed by atoms with E-state index in [1.165, 1.54) is 0 Å². The number of nitrogens with zero attached hydrogens (tertiary/aromatic N) is 2. The Morgan fingerprint density at radius 1 is 1.27 bits per heavy atom. The van der Waals surface area contributed by atoms with Crippen LogP contribution in [0.25, 0.3) is 0 Å². The van der Waals surface area contributed by atoms with Crippen molar-refractivity contribution in [1.82, 2.24) is 15.1 Å². The van der Waals surface area contributed by atoms with Gasteiger partial charge in [-0.05, 0) is 54.9 Å². The zero-order valence-corrected chi connectivity index (χ0v) is 15.5. The Labute approximate surface area is 136 Å². The third kappa shape index (κ3) is 6.53. The summed E-state index contributed by atoms with van der Waals surface area (Å²) in [5.74, 6) is 0. The van der Waals surface area contributed by atoms with Gasteiger partial charge in [0.1, 0.15) is 5.60 Å². The average molecular weight is 313 g/mol. The highest BCUT2D eigenvalue weighted by molar-refractivity contribution is 5.68. The molecule has 0 saturated carbocycles. The lowest BCUT2D eigenvalue weighted by molar-refractivity contribution is 0.0291. The van der Waals surface area contributed by atoms with Crippen LogP contribution in [0.1, 0.15) is 54.9 Å². The van der Waals surface area contributed by atoms with Crippen molar-refractivity contribution in [2.24, 2.45) is 0 Å². The zero-order chi connectivity index (χ0) is 16.9. The first kappa shape index (κ1) is 19.2. The van der Waals surface area contributed by atoms with Gasteiger partial charge in [0, 0.05) is 44.3 Å². The molecule has 1 unspecified atom stereocenters. The molecule has 1 heterocycles. The number of likely N-dealkylation sites (tertiary alicyclic amines) is 1. The second kappa shape index (κ2) is 8.16. The number of amides is 1. The summed E-state index contributed by atoms with van der Waals surface area (Å²) in [6.45, 7) is 18.2. The summed E-state index contributed by atoms with van der Waals surface area (Å²) in [6, 6.07) is 1.50. The van der Waals surface area contributed by atoms with Gasteiger partial charge < -0.3 is 15.0 Å². The molecule has 1 aliphatic heterocycles. The van der Waals surface area contributed by atoms with Crippen molar-refractivity contribution in [1.29, 1.82) is 0 Å². The van der Waals surface area contributed by atoms with E-state index in [0.29, 0.717) is 18.1 Å². The van der Waals surface area contributed by atoms with Crippen LogP contribution >= 0.6 is 0 Å². The van der Waals surface area contributed by atoms with Crippen LogP contribution in [0.5, 0.6) is 0 Å². The van der Waals surface area contributed by atoms with Crippen molar-refractivity contribution in [3.05, 3.63) is 0 Å². The minimum absolute atomic E-state index is 0.192. The Bertz CT molecular complexity index is 342. The summed E-state index contributed by atoms with van der Waals surface area (Å²) < 4.78 is 5.43. The molecular formula is C17H35N3O2. The molecular weight excluding hydrogens is 278 g/mol. The van der Waals surface area contributed by atoms with E-state index in [1.54, 1.807) is 0 Å². The molecule has 1 saturated heterocycles. The maximum Gasteiger partial charge on any atom is 0.410 e. The Morgan fingerprint density at radius 2 is 1.86 bits per heavy atom. The fraction of sp³-hybridized carbons (Fsp3) is 0.941. The highest BCUT2D eigenvalue weighted by Crippen LogP contribution is 2.15. The SMILES string of the molecule is CC(C)N(CCNC1CCN(C(=O)OC(C)(C)C)C1)C(C)C. The Kier molecular flexibility index (Phi) is 7.13. The summed E-state index contributed by atoms with van der Waals surface area (Å²) in [4.78, 5) is 16.3. The first-order valence-electron chi connectivity index (χ1n) is 8.57. The molecule has 0 aromatic heterocycles. The number of rotatable bonds is 6. The molecule has 1 fully saturated rings. The maximum absolute atomic E-state index is 12.0. The first-order valence-corrected chi connectivity index (χ1v) is 8.57. The molecule has 1 aliphatic rings. The molecule has 130 valence electrons. The third-order valence-corrected chi connectivity index (χ3v) is 3.97. The van der Waals surface area contributed by atoms with Crippen LogP contribution < -0.4 is 5.32 Å². The molecule has 1 rings (SSSR count). The summed E-state index contributed by atoms with van der Waals surface area (Å²) in [5.41, 5.74) is -0.419. The monoisotopic (exact) mass is 313 g/mol. The van der Waals surface area contributed by atoms with E-state index in [1.807, 2.05) is 25.7 Å². The van der Waals surface area contributed by atoms with Gasteiger partial charge in [0.2, 0.25) is 0 Å². The molecule has 1 atom stereocenters. The summed E-state index contributed by atoms with van der Waals surface area (Å²) in [5, 5.41) is 3.58. The van der Waals surface area contributed by atoms with Gasteiger partial charge in [0.15, 0.2) is 0 Å². The maximum atomic E-state index is 12.0. The van der Waals surface area contributed by atoms with Crippen LogP contribution in [0, 0.1) is 0 Å². The number of hydrogen-bond acceptors (Lipinski definition) is 4. The van der Waals surface area contributed by atoms with Crippen LogP contribution in [0.4, 0.5) is 4.79 Å². The van der Waals surface area contributed by atoms with Gasteiger partial charge in [-0.3, -0.25) is 4.90 Å². The minimum atomic E-state index is -0.419. The quantitative estimate of drug-likeness (QED) is 0.819. The molecule has 5 heteroatoms. The number of carbonyl (C=O) groups is 1. The molecule has 0 bridgehead atoms.